The predicted octanol–water partition coefficient (Wildman–Crippen LogP) is 6.92. The van der Waals surface area contributed by atoms with Crippen LogP contribution in [0.2, 0.25) is 0 Å². The predicted molar refractivity (Wildman–Crippen MR) is 121 cm³/mol. The zero-order valence-electron chi connectivity index (χ0n) is 16.9. The standard InChI is InChI=1S/C27H31N/c1-3-24-16-18-27(19-17-24)23(2)11-10-20-28(21-25-12-6-4-7-13-25)22-26-14-8-5-9-15-26/h3-9,12-19,23H,1,10-11,20-22H2,2H3. The molecule has 0 saturated heterocycles. The van der Waals surface area contributed by atoms with Crippen LogP contribution in [0, 0.1) is 0 Å². The lowest BCUT2D eigenvalue weighted by Crippen LogP contribution is -2.24. The van der Waals surface area contributed by atoms with Crippen molar-refractivity contribution in [3.63, 3.8) is 0 Å². The van der Waals surface area contributed by atoms with E-state index in [1.165, 1.54) is 35.1 Å². The minimum atomic E-state index is 0.578. The van der Waals surface area contributed by atoms with Gasteiger partial charge in [0, 0.05) is 13.1 Å². The van der Waals surface area contributed by atoms with Crippen LogP contribution < -0.4 is 0 Å². The summed E-state index contributed by atoms with van der Waals surface area (Å²) in [6.45, 7) is 9.28. The lowest BCUT2D eigenvalue weighted by Gasteiger charge is -2.23. The minimum absolute atomic E-state index is 0.578. The van der Waals surface area contributed by atoms with Crippen LogP contribution in [0.4, 0.5) is 0 Å². The van der Waals surface area contributed by atoms with Gasteiger partial charge in [-0.3, -0.25) is 4.90 Å². The fourth-order valence-corrected chi connectivity index (χ4v) is 3.65. The van der Waals surface area contributed by atoms with Gasteiger partial charge in [0.1, 0.15) is 0 Å². The first-order valence-electron chi connectivity index (χ1n) is 10.3. The summed E-state index contributed by atoms with van der Waals surface area (Å²) in [4.78, 5) is 2.57. The molecule has 3 rings (SSSR count). The van der Waals surface area contributed by atoms with Crippen molar-refractivity contribution >= 4 is 6.08 Å². The van der Waals surface area contributed by atoms with Crippen LogP contribution >= 0.6 is 0 Å². The van der Waals surface area contributed by atoms with Gasteiger partial charge in [-0.15, -0.1) is 0 Å². The molecule has 0 fully saturated rings. The molecule has 28 heavy (non-hydrogen) atoms. The normalized spacial score (nSPS) is 12.1. The third kappa shape index (κ3) is 6.21. The van der Waals surface area contributed by atoms with Crippen molar-refractivity contribution in [3.05, 3.63) is 114 Å². The van der Waals surface area contributed by atoms with Gasteiger partial charge < -0.3 is 0 Å². The average Bonchev–Trinajstić information content (AvgIpc) is 2.75. The maximum Gasteiger partial charge on any atom is 0.0237 e. The van der Waals surface area contributed by atoms with Crippen molar-refractivity contribution in [2.75, 3.05) is 6.54 Å². The van der Waals surface area contributed by atoms with Crippen LogP contribution in [0.1, 0.15) is 47.9 Å². The van der Waals surface area contributed by atoms with Crippen LogP contribution in [0.25, 0.3) is 6.08 Å². The highest BCUT2D eigenvalue weighted by Gasteiger charge is 2.10. The molecule has 3 aromatic rings. The smallest absolute Gasteiger partial charge is 0.0237 e. The average molecular weight is 370 g/mol. The van der Waals surface area contributed by atoms with Gasteiger partial charge in [-0.1, -0.05) is 105 Å². The van der Waals surface area contributed by atoms with E-state index in [1.54, 1.807) is 0 Å². The third-order valence-corrected chi connectivity index (χ3v) is 5.35. The lowest BCUT2D eigenvalue weighted by atomic mass is 9.95. The van der Waals surface area contributed by atoms with Crippen molar-refractivity contribution in [2.24, 2.45) is 0 Å². The van der Waals surface area contributed by atoms with Crippen LogP contribution in [0.15, 0.2) is 91.5 Å². The van der Waals surface area contributed by atoms with Crippen molar-refractivity contribution in [1.82, 2.24) is 4.90 Å². The largest absolute Gasteiger partial charge is 0.295 e. The molecule has 0 saturated carbocycles. The van der Waals surface area contributed by atoms with Crippen LogP contribution in [0.3, 0.4) is 0 Å². The first-order chi connectivity index (χ1) is 13.7. The van der Waals surface area contributed by atoms with Crippen molar-refractivity contribution in [1.29, 1.82) is 0 Å². The van der Waals surface area contributed by atoms with E-state index in [1.807, 2.05) is 6.08 Å². The van der Waals surface area contributed by atoms with E-state index in [-0.39, 0.29) is 0 Å². The monoisotopic (exact) mass is 369 g/mol. The van der Waals surface area contributed by atoms with E-state index >= 15 is 0 Å². The molecule has 0 amide bonds. The van der Waals surface area contributed by atoms with E-state index in [0.29, 0.717) is 5.92 Å². The molecule has 1 heteroatoms. The third-order valence-electron chi connectivity index (χ3n) is 5.35. The quantitative estimate of drug-likeness (QED) is 0.375. The number of nitrogens with zero attached hydrogens (tertiary/aromatic N) is 1. The molecule has 0 aliphatic heterocycles. The number of hydrogen-bond acceptors (Lipinski definition) is 1. The molecule has 0 aliphatic rings. The molecule has 1 nitrogen and oxygen atoms in total. The Labute approximate surface area is 170 Å². The second kappa shape index (κ2) is 10.6. The highest BCUT2D eigenvalue weighted by Crippen LogP contribution is 2.22. The molecule has 0 N–H and O–H groups in total. The summed E-state index contributed by atoms with van der Waals surface area (Å²) in [6.07, 6.45) is 4.30. The molecule has 1 unspecified atom stereocenters. The Bertz CT molecular complexity index is 780. The highest BCUT2D eigenvalue weighted by molar-refractivity contribution is 5.47. The molecule has 1 atom stereocenters. The van der Waals surface area contributed by atoms with Crippen LogP contribution in [-0.2, 0) is 13.1 Å². The van der Waals surface area contributed by atoms with Crippen molar-refractivity contribution in [3.8, 4) is 0 Å². The van der Waals surface area contributed by atoms with Gasteiger partial charge in [-0.2, -0.15) is 0 Å². The topological polar surface area (TPSA) is 3.24 Å². The summed E-state index contributed by atoms with van der Waals surface area (Å²) >= 11 is 0. The Morgan fingerprint density at radius 1 is 0.786 bits per heavy atom. The van der Waals surface area contributed by atoms with Gasteiger partial charge in [0.25, 0.3) is 0 Å². The SMILES string of the molecule is C=Cc1ccc(C(C)CCCN(Cc2ccccc2)Cc2ccccc2)cc1. The molecule has 0 heterocycles. The van der Waals surface area contributed by atoms with Crippen LogP contribution in [0.5, 0.6) is 0 Å². The molecule has 0 spiro atoms. The first-order valence-corrected chi connectivity index (χ1v) is 10.3. The molecule has 0 radical (unpaired) electrons. The summed E-state index contributed by atoms with van der Waals surface area (Å²) in [5.41, 5.74) is 5.37. The summed E-state index contributed by atoms with van der Waals surface area (Å²) < 4.78 is 0. The van der Waals surface area contributed by atoms with Crippen molar-refractivity contribution in [2.45, 2.75) is 38.8 Å². The number of benzene rings is 3. The van der Waals surface area contributed by atoms with Gasteiger partial charge in [0.2, 0.25) is 0 Å². The zero-order valence-corrected chi connectivity index (χ0v) is 16.9. The van der Waals surface area contributed by atoms with Gasteiger partial charge in [0.05, 0.1) is 0 Å². The number of hydrogen-bond donors (Lipinski definition) is 0. The molecule has 3 aromatic carbocycles. The maximum atomic E-state index is 3.84. The highest BCUT2D eigenvalue weighted by atomic mass is 15.1. The minimum Gasteiger partial charge on any atom is -0.295 e. The van der Waals surface area contributed by atoms with Gasteiger partial charge in [-0.05, 0) is 47.6 Å². The number of rotatable bonds is 10. The van der Waals surface area contributed by atoms with E-state index < -0.39 is 0 Å². The second-order valence-electron chi connectivity index (χ2n) is 7.60. The molecule has 0 bridgehead atoms. The van der Waals surface area contributed by atoms with E-state index in [0.717, 1.165) is 19.6 Å². The van der Waals surface area contributed by atoms with Crippen molar-refractivity contribution < 1.29 is 0 Å². The Morgan fingerprint density at radius 3 is 1.82 bits per heavy atom. The van der Waals surface area contributed by atoms with Gasteiger partial charge in [0.15, 0.2) is 0 Å². The summed E-state index contributed by atoms with van der Waals surface area (Å²) in [7, 11) is 0. The van der Waals surface area contributed by atoms with E-state index in [2.05, 4.69) is 103 Å². The van der Waals surface area contributed by atoms with Gasteiger partial charge in [-0.25, -0.2) is 0 Å². The lowest BCUT2D eigenvalue weighted by molar-refractivity contribution is 0.249. The fourth-order valence-electron chi connectivity index (χ4n) is 3.65. The van der Waals surface area contributed by atoms with Crippen LogP contribution in [-0.4, -0.2) is 11.4 Å². The Kier molecular flexibility index (Phi) is 7.63. The van der Waals surface area contributed by atoms with E-state index in [9.17, 15) is 0 Å². The van der Waals surface area contributed by atoms with E-state index in [4.69, 9.17) is 0 Å². The first kappa shape index (κ1) is 20.1. The summed E-state index contributed by atoms with van der Waals surface area (Å²) in [5, 5.41) is 0. The second-order valence-corrected chi connectivity index (χ2v) is 7.60. The summed E-state index contributed by atoms with van der Waals surface area (Å²) in [5.74, 6) is 0.578. The molecular weight excluding hydrogens is 338 g/mol. The summed E-state index contributed by atoms with van der Waals surface area (Å²) in [6, 6.07) is 30.4. The fraction of sp³-hybridized carbons (Fsp3) is 0.259. The molecule has 144 valence electrons. The Hall–Kier alpha value is -2.64. The maximum absolute atomic E-state index is 3.84. The Balaban J connectivity index is 1.57. The van der Waals surface area contributed by atoms with Gasteiger partial charge >= 0.3 is 0 Å². The molecular formula is C27H31N. The molecule has 0 aromatic heterocycles. The Morgan fingerprint density at radius 2 is 1.32 bits per heavy atom. The zero-order chi connectivity index (χ0) is 19.6. The molecule has 0 aliphatic carbocycles.